The third-order valence-corrected chi connectivity index (χ3v) is 4.48. The summed E-state index contributed by atoms with van der Waals surface area (Å²) >= 11 is 0. The van der Waals surface area contributed by atoms with Gasteiger partial charge in [0.2, 0.25) is 12.3 Å². The highest BCUT2D eigenvalue weighted by Crippen LogP contribution is 2.23. The molecule has 1 aliphatic rings. The summed E-state index contributed by atoms with van der Waals surface area (Å²) in [7, 11) is 1.87. The number of aryl methyl sites for hydroxylation is 1. The number of hydrogen-bond donors (Lipinski definition) is 0. The molecule has 26 heavy (non-hydrogen) atoms. The summed E-state index contributed by atoms with van der Waals surface area (Å²) in [4.78, 5) is 26.7. The van der Waals surface area contributed by atoms with Gasteiger partial charge in [-0.15, -0.1) is 0 Å². The maximum Gasteiger partial charge on any atom is 0.243 e. The zero-order valence-electron chi connectivity index (χ0n) is 15.0. The van der Waals surface area contributed by atoms with Crippen molar-refractivity contribution in [1.82, 2.24) is 19.6 Å². The van der Waals surface area contributed by atoms with Crippen molar-refractivity contribution >= 4 is 12.3 Å². The number of likely N-dealkylation sites (tertiary alicyclic amines) is 1. The summed E-state index contributed by atoms with van der Waals surface area (Å²) in [6, 6.07) is 7.68. The van der Waals surface area contributed by atoms with Gasteiger partial charge in [-0.25, -0.2) is 0 Å². The minimum Gasteiger partial charge on any atom is -0.492 e. The van der Waals surface area contributed by atoms with Crippen molar-refractivity contribution in [1.29, 1.82) is 0 Å². The zero-order valence-corrected chi connectivity index (χ0v) is 15.0. The second kappa shape index (κ2) is 8.62. The maximum absolute atomic E-state index is 12.2. The quantitative estimate of drug-likeness (QED) is 0.671. The molecule has 138 valence electrons. The van der Waals surface area contributed by atoms with Crippen LogP contribution in [0.5, 0.6) is 5.75 Å². The van der Waals surface area contributed by atoms with Gasteiger partial charge in [0, 0.05) is 18.8 Å². The molecule has 0 atom stereocenters. The SMILES string of the molecule is Cn1cc(-c2cccc(OCCN(C=O)C(=O)CN3CCCC3)c2)cn1. The van der Waals surface area contributed by atoms with Crippen LogP contribution in [0, 0.1) is 0 Å². The Bertz CT molecular complexity index is 753. The van der Waals surface area contributed by atoms with Crippen LogP contribution in [0.2, 0.25) is 0 Å². The molecule has 0 spiro atoms. The van der Waals surface area contributed by atoms with E-state index in [0.29, 0.717) is 18.7 Å². The van der Waals surface area contributed by atoms with Gasteiger partial charge in [0.15, 0.2) is 0 Å². The number of rotatable bonds is 8. The first-order valence-corrected chi connectivity index (χ1v) is 8.85. The Morgan fingerprint density at radius 3 is 2.81 bits per heavy atom. The average molecular weight is 356 g/mol. The smallest absolute Gasteiger partial charge is 0.243 e. The van der Waals surface area contributed by atoms with E-state index in [4.69, 9.17) is 4.74 Å². The van der Waals surface area contributed by atoms with E-state index in [1.807, 2.05) is 37.5 Å². The number of nitrogens with zero attached hydrogens (tertiary/aromatic N) is 4. The van der Waals surface area contributed by atoms with Crippen molar-refractivity contribution in [2.45, 2.75) is 12.8 Å². The monoisotopic (exact) mass is 356 g/mol. The van der Waals surface area contributed by atoms with E-state index < -0.39 is 0 Å². The number of carbonyl (C=O) groups excluding carboxylic acids is 2. The molecule has 1 fully saturated rings. The number of ether oxygens (including phenoxy) is 1. The fourth-order valence-electron chi connectivity index (χ4n) is 3.06. The van der Waals surface area contributed by atoms with Crippen molar-refractivity contribution in [3.63, 3.8) is 0 Å². The number of imide groups is 1. The van der Waals surface area contributed by atoms with Gasteiger partial charge in [-0.3, -0.25) is 24.1 Å². The van der Waals surface area contributed by atoms with Crippen molar-refractivity contribution in [2.24, 2.45) is 7.05 Å². The molecular formula is C19H24N4O3. The van der Waals surface area contributed by atoms with Gasteiger partial charge >= 0.3 is 0 Å². The van der Waals surface area contributed by atoms with Gasteiger partial charge in [0.05, 0.1) is 19.3 Å². The van der Waals surface area contributed by atoms with Gasteiger partial charge in [0.1, 0.15) is 12.4 Å². The summed E-state index contributed by atoms with van der Waals surface area (Å²) < 4.78 is 7.48. The molecule has 2 heterocycles. The third kappa shape index (κ3) is 4.70. The molecule has 1 aromatic carbocycles. The summed E-state index contributed by atoms with van der Waals surface area (Å²) in [5, 5.41) is 4.17. The van der Waals surface area contributed by atoms with Crippen LogP contribution in [-0.2, 0) is 16.6 Å². The van der Waals surface area contributed by atoms with E-state index in [2.05, 4.69) is 10.00 Å². The second-order valence-corrected chi connectivity index (χ2v) is 6.45. The molecule has 7 nitrogen and oxygen atoms in total. The Labute approximate surface area is 153 Å². The van der Waals surface area contributed by atoms with Gasteiger partial charge in [-0.1, -0.05) is 12.1 Å². The van der Waals surface area contributed by atoms with E-state index in [-0.39, 0.29) is 19.1 Å². The van der Waals surface area contributed by atoms with E-state index in [9.17, 15) is 9.59 Å². The molecule has 0 unspecified atom stereocenters. The lowest BCUT2D eigenvalue weighted by atomic mass is 10.1. The van der Waals surface area contributed by atoms with Gasteiger partial charge < -0.3 is 4.74 Å². The van der Waals surface area contributed by atoms with Crippen molar-refractivity contribution in [3.8, 4) is 16.9 Å². The summed E-state index contributed by atoms with van der Waals surface area (Å²) in [5.41, 5.74) is 2.02. The van der Waals surface area contributed by atoms with Gasteiger partial charge in [-0.05, 0) is 43.6 Å². The number of carbonyl (C=O) groups is 2. The molecule has 0 saturated carbocycles. The van der Waals surface area contributed by atoms with Gasteiger partial charge in [0.25, 0.3) is 0 Å². The van der Waals surface area contributed by atoms with E-state index in [1.165, 1.54) is 4.90 Å². The number of hydrogen-bond acceptors (Lipinski definition) is 5. The van der Waals surface area contributed by atoms with Crippen molar-refractivity contribution in [3.05, 3.63) is 36.7 Å². The molecule has 3 rings (SSSR count). The minimum atomic E-state index is -0.172. The minimum absolute atomic E-state index is 0.172. The molecule has 2 aromatic rings. The highest BCUT2D eigenvalue weighted by molar-refractivity contribution is 5.87. The Balaban J connectivity index is 1.51. The molecule has 2 amide bonds. The van der Waals surface area contributed by atoms with Crippen LogP contribution in [0.1, 0.15) is 12.8 Å². The van der Waals surface area contributed by atoms with Crippen molar-refractivity contribution < 1.29 is 14.3 Å². The predicted molar refractivity (Wildman–Crippen MR) is 97.6 cm³/mol. The van der Waals surface area contributed by atoms with Crippen LogP contribution in [0.25, 0.3) is 11.1 Å². The Kier molecular flexibility index (Phi) is 6.01. The van der Waals surface area contributed by atoms with Crippen LogP contribution in [0.4, 0.5) is 0 Å². The summed E-state index contributed by atoms with van der Waals surface area (Å²) in [6.07, 6.45) is 6.55. The fourth-order valence-corrected chi connectivity index (χ4v) is 3.06. The molecule has 1 saturated heterocycles. The number of benzene rings is 1. The Morgan fingerprint density at radius 2 is 2.12 bits per heavy atom. The molecule has 0 radical (unpaired) electrons. The van der Waals surface area contributed by atoms with Crippen molar-refractivity contribution in [2.75, 3.05) is 32.8 Å². The van der Waals surface area contributed by atoms with Crippen LogP contribution >= 0.6 is 0 Å². The molecule has 0 bridgehead atoms. The normalized spacial score (nSPS) is 14.3. The maximum atomic E-state index is 12.2. The lowest BCUT2D eigenvalue weighted by molar-refractivity contribution is -0.139. The largest absolute Gasteiger partial charge is 0.492 e. The molecule has 1 aliphatic heterocycles. The first-order valence-electron chi connectivity index (χ1n) is 8.85. The number of amides is 2. The standard InChI is InChI=1S/C19H24N4O3/c1-21-13-17(12-20-21)16-5-4-6-18(11-16)26-10-9-23(15-24)19(25)14-22-7-2-3-8-22/h4-6,11-13,15H,2-3,7-10,14H2,1H3. The fraction of sp³-hybridized carbons (Fsp3) is 0.421. The van der Waals surface area contributed by atoms with Crippen LogP contribution in [0.15, 0.2) is 36.7 Å². The Hall–Kier alpha value is -2.67. The third-order valence-electron chi connectivity index (χ3n) is 4.48. The van der Waals surface area contributed by atoms with Crippen LogP contribution in [0.3, 0.4) is 0 Å². The summed E-state index contributed by atoms with van der Waals surface area (Å²) in [6.45, 7) is 2.66. The topological polar surface area (TPSA) is 67.7 Å². The molecule has 7 heteroatoms. The lowest BCUT2D eigenvalue weighted by Crippen LogP contribution is -2.40. The Morgan fingerprint density at radius 1 is 1.31 bits per heavy atom. The average Bonchev–Trinajstić information content (AvgIpc) is 3.30. The second-order valence-electron chi connectivity index (χ2n) is 6.45. The van der Waals surface area contributed by atoms with Gasteiger partial charge in [-0.2, -0.15) is 5.10 Å². The lowest BCUT2D eigenvalue weighted by Gasteiger charge is -2.20. The molecule has 1 aromatic heterocycles. The first kappa shape index (κ1) is 18.1. The highest BCUT2D eigenvalue weighted by Gasteiger charge is 2.19. The van der Waals surface area contributed by atoms with Crippen LogP contribution in [-0.4, -0.2) is 64.7 Å². The van der Waals surface area contributed by atoms with E-state index in [0.717, 1.165) is 37.1 Å². The predicted octanol–water partition coefficient (Wildman–Crippen LogP) is 1.55. The van der Waals surface area contributed by atoms with E-state index in [1.54, 1.807) is 10.9 Å². The first-order chi connectivity index (χ1) is 12.7. The molecular weight excluding hydrogens is 332 g/mol. The molecule has 0 aliphatic carbocycles. The zero-order chi connectivity index (χ0) is 18.4. The van der Waals surface area contributed by atoms with Crippen LogP contribution < -0.4 is 4.74 Å². The van der Waals surface area contributed by atoms with E-state index >= 15 is 0 Å². The number of aromatic nitrogens is 2. The highest BCUT2D eigenvalue weighted by atomic mass is 16.5. The molecule has 0 N–H and O–H groups in total. The summed E-state index contributed by atoms with van der Waals surface area (Å²) in [5.74, 6) is 0.527.